The van der Waals surface area contributed by atoms with Crippen molar-refractivity contribution in [1.82, 2.24) is 4.90 Å². The standard InChI is InChI=1S/C28H37NO/c1-4-26(30-3)27(18-22-8-7-9-22)14-13-24(19-27)29-17-16-28(21(2)20-29)15-12-23-10-5-6-11-25(23)28/h5-6,10-12,15,21-22,24H,1,7-9,13-14,16-20H2,2-3H3/t21-,24?,27?,28-/m0/s1. The van der Waals surface area contributed by atoms with E-state index in [4.69, 9.17) is 4.74 Å². The summed E-state index contributed by atoms with van der Waals surface area (Å²) in [6, 6.07) is 9.69. The molecular weight excluding hydrogens is 366 g/mol. The molecule has 0 bridgehead atoms. The quantitative estimate of drug-likeness (QED) is 0.420. The number of hydrogen-bond acceptors (Lipinski definition) is 2. The Kier molecular flexibility index (Phi) is 5.20. The lowest BCUT2D eigenvalue weighted by atomic mass is 9.67. The van der Waals surface area contributed by atoms with Crippen molar-refractivity contribution in [1.29, 1.82) is 0 Å². The van der Waals surface area contributed by atoms with Crippen LogP contribution >= 0.6 is 0 Å². The summed E-state index contributed by atoms with van der Waals surface area (Å²) in [5.74, 6) is 2.56. The second-order valence-electron chi connectivity index (χ2n) is 10.5. The Morgan fingerprint density at radius 2 is 2.07 bits per heavy atom. The van der Waals surface area contributed by atoms with Gasteiger partial charge in [0.15, 0.2) is 0 Å². The summed E-state index contributed by atoms with van der Waals surface area (Å²) in [6.45, 7) is 8.85. The Bertz CT molecular complexity index is 876. The SMILES string of the molecule is C=C=C(OC)C1(CC2CCC2)CCC(N2CC[C@@]3(C=Cc4ccccc43)[C@@H](C)C2)C1. The van der Waals surface area contributed by atoms with E-state index in [1.165, 1.54) is 70.0 Å². The number of piperidine rings is 1. The van der Waals surface area contributed by atoms with E-state index < -0.39 is 0 Å². The second-order valence-corrected chi connectivity index (χ2v) is 10.5. The van der Waals surface area contributed by atoms with Crippen molar-refractivity contribution in [2.24, 2.45) is 17.3 Å². The molecule has 1 aromatic rings. The molecule has 30 heavy (non-hydrogen) atoms. The van der Waals surface area contributed by atoms with Gasteiger partial charge in [0.2, 0.25) is 0 Å². The molecule has 0 amide bonds. The van der Waals surface area contributed by atoms with Gasteiger partial charge in [-0.05, 0) is 61.6 Å². The fourth-order valence-corrected chi connectivity index (χ4v) is 7.17. The van der Waals surface area contributed by atoms with Gasteiger partial charge in [0.05, 0.1) is 7.11 Å². The van der Waals surface area contributed by atoms with Gasteiger partial charge in [0.1, 0.15) is 5.76 Å². The summed E-state index contributed by atoms with van der Waals surface area (Å²) in [4.78, 5) is 2.81. The predicted molar refractivity (Wildman–Crippen MR) is 124 cm³/mol. The third-order valence-electron chi connectivity index (χ3n) is 9.07. The molecule has 2 nitrogen and oxygen atoms in total. The van der Waals surface area contributed by atoms with Gasteiger partial charge in [-0.1, -0.05) is 74.9 Å². The minimum absolute atomic E-state index is 0.171. The number of hydrogen-bond donors (Lipinski definition) is 0. The molecule has 1 spiro atoms. The lowest BCUT2D eigenvalue weighted by molar-refractivity contribution is 0.0719. The largest absolute Gasteiger partial charge is 0.492 e. The van der Waals surface area contributed by atoms with Crippen LogP contribution in [-0.2, 0) is 10.2 Å². The Morgan fingerprint density at radius 1 is 1.23 bits per heavy atom. The lowest BCUT2D eigenvalue weighted by Gasteiger charge is -2.47. The zero-order valence-corrected chi connectivity index (χ0v) is 18.8. The van der Waals surface area contributed by atoms with E-state index in [2.05, 4.69) is 60.6 Å². The number of methoxy groups -OCH3 is 1. The van der Waals surface area contributed by atoms with Crippen molar-refractivity contribution in [2.45, 2.75) is 69.7 Å². The van der Waals surface area contributed by atoms with Crippen LogP contribution in [0.5, 0.6) is 0 Å². The molecule has 4 atom stereocenters. The highest BCUT2D eigenvalue weighted by atomic mass is 16.5. The molecule has 160 valence electrons. The molecule has 1 heterocycles. The smallest absolute Gasteiger partial charge is 0.143 e. The van der Waals surface area contributed by atoms with Gasteiger partial charge in [0.25, 0.3) is 0 Å². The molecule has 1 aromatic carbocycles. The number of benzene rings is 1. The number of likely N-dealkylation sites (tertiary alicyclic amines) is 1. The first-order valence-corrected chi connectivity index (χ1v) is 12.1. The topological polar surface area (TPSA) is 12.5 Å². The van der Waals surface area contributed by atoms with Gasteiger partial charge in [-0.15, -0.1) is 0 Å². The van der Waals surface area contributed by atoms with Crippen LogP contribution < -0.4 is 0 Å². The predicted octanol–water partition coefficient (Wildman–Crippen LogP) is 6.34. The zero-order valence-electron chi connectivity index (χ0n) is 18.8. The summed E-state index contributed by atoms with van der Waals surface area (Å²) in [7, 11) is 1.82. The Hall–Kier alpha value is -1.76. The maximum Gasteiger partial charge on any atom is 0.143 e. The third-order valence-corrected chi connectivity index (χ3v) is 9.07. The fourth-order valence-electron chi connectivity index (χ4n) is 7.17. The van der Waals surface area contributed by atoms with Gasteiger partial charge >= 0.3 is 0 Å². The van der Waals surface area contributed by atoms with Crippen LogP contribution in [-0.4, -0.2) is 31.1 Å². The Labute approximate surface area is 182 Å². The molecule has 0 aromatic heterocycles. The van der Waals surface area contributed by atoms with Crippen LogP contribution in [0.3, 0.4) is 0 Å². The van der Waals surface area contributed by atoms with Gasteiger partial charge in [-0.3, -0.25) is 4.90 Å². The van der Waals surface area contributed by atoms with Crippen LogP contribution in [0.4, 0.5) is 0 Å². The van der Waals surface area contributed by atoms with Crippen molar-refractivity contribution in [3.8, 4) is 0 Å². The van der Waals surface area contributed by atoms with Crippen LogP contribution in [0.15, 0.2) is 48.4 Å². The highest BCUT2D eigenvalue weighted by Crippen LogP contribution is 2.54. The maximum atomic E-state index is 5.84. The van der Waals surface area contributed by atoms with Gasteiger partial charge in [-0.2, -0.15) is 0 Å². The Balaban J connectivity index is 1.32. The van der Waals surface area contributed by atoms with Crippen molar-refractivity contribution in [3.05, 3.63) is 59.5 Å². The number of allylic oxidation sites excluding steroid dienone is 2. The molecular formula is C28H37NO. The van der Waals surface area contributed by atoms with E-state index >= 15 is 0 Å². The van der Waals surface area contributed by atoms with Crippen LogP contribution in [0.25, 0.3) is 6.08 Å². The monoisotopic (exact) mass is 403 g/mol. The number of rotatable bonds is 5. The highest BCUT2D eigenvalue weighted by molar-refractivity contribution is 5.65. The summed E-state index contributed by atoms with van der Waals surface area (Å²) in [5, 5.41) is 0. The summed E-state index contributed by atoms with van der Waals surface area (Å²) >= 11 is 0. The fraction of sp³-hybridized carbons (Fsp3) is 0.607. The molecule has 1 aliphatic heterocycles. The van der Waals surface area contributed by atoms with E-state index in [1.54, 1.807) is 5.56 Å². The first-order chi connectivity index (χ1) is 14.6. The van der Waals surface area contributed by atoms with E-state index in [9.17, 15) is 0 Å². The van der Waals surface area contributed by atoms with E-state index in [0.29, 0.717) is 12.0 Å². The zero-order chi connectivity index (χ0) is 20.8. The molecule has 0 radical (unpaired) electrons. The molecule has 5 rings (SSSR count). The summed E-state index contributed by atoms with van der Waals surface area (Å²) in [6.07, 6.45) is 15.3. The molecule has 2 unspecified atom stereocenters. The Morgan fingerprint density at radius 3 is 2.77 bits per heavy atom. The first-order valence-electron chi connectivity index (χ1n) is 12.1. The van der Waals surface area contributed by atoms with Gasteiger partial charge < -0.3 is 4.74 Å². The molecule has 3 aliphatic carbocycles. The molecule has 2 heteroatoms. The third kappa shape index (κ3) is 3.12. The normalized spacial score (nSPS) is 35.8. The maximum absolute atomic E-state index is 5.84. The second kappa shape index (κ2) is 7.74. The van der Waals surface area contributed by atoms with Crippen molar-refractivity contribution in [3.63, 3.8) is 0 Å². The summed E-state index contributed by atoms with van der Waals surface area (Å²) < 4.78 is 5.84. The van der Waals surface area contributed by atoms with Gasteiger partial charge in [0, 0.05) is 23.4 Å². The lowest BCUT2D eigenvalue weighted by Crippen LogP contribution is -2.50. The van der Waals surface area contributed by atoms with E-state index in [-0.39, 0.29) is 10.8 Å². The van der Waals surface area contributed by atoms with Crippen LogP contribution in [0.1, 0.15) is 69.4 Å². The van der Waals surface area contributed by atoms with Crippen LogP contribution in [0, 0.1) is 17.3 Å². The summed E-state index contributed by atoms with van der Waals surface area (Å²) in [5.41, 5.74) is 6.59. The number of ether oxygens (including phenoxy) is 1. The molecule has 1 saturated heterocycles. The van der Waals surface area contributed by atoms with Gasteiger partial charge in [-0.25, -0.2) is 0 Å². The van der Waals surface area contributed by atoms with Crippen molar-refractivity contribution in [2.75, 3.05) is 20.2 Å². The minimum atomic E-state index is 0.171. The van der Waals surface area contributed by atoms with Crippen LogP contribution in [0.2, 0.25) is 0 Å². The minimum Gasteiger partial charge on any atom is -0.492 e. The molecule has 3 fully saturated rings. The number of fused-ring (bicyclic) bond motifs is 2. The molecule has 2 saturated carbocycles. The number of nitrogens with zero attached hydrogens (tertiary/aromatic N) is 1. The first kappa shape index (κ1) is 20.2. The van der Waals surface area contributed by atoms with E-state index in [1.807, 2.05) is 7.11 Å². The molecule has 4 aliphatic rings. The average molecular weight is 404 g/mol. The average Bonchev–Trinajstić information content (AvgIpc) is 3.32. The molecule has 0 N–H and O–H groups in total. The van der Waals surface area contributed by atoms with Crippen molar-refractivity contribution < 1.29 is 4.74 Å². The highest BCUT2D eigenvalue weighted by Gasteiger charge is 2.50. The van der Waals surface area contributed by atoms with Crippen molar-refractivity contribution >= 4 is 6.08 Å². The van der Waals surface area contributed by atoms with E-state index in [0.717, 1.165) is 11.7 Å².